The van der Waals surface area contributed by atoms with Gasteiger partial charge in [-0.2, -0.15) is 0 Å². The molecule has 0 aliphatic heterocycles. The molecular weight excluding hydrogens is 268 g/mol. The summed E-state index contributed by atoms with van der Waals surface area (Å²) in [5.41, 5.74) is 1.13. The standard InChI is InChI=1S/C15H22N4S/c1-10-14(20-12(3)17-10)11(2)18-15-16-8-9-19(15)13-6-4-5-7-13/h8-9,11,13H,4-7H2,1-3H3,(H,16,18). The van der Waals surface area contributed by atoms with Crippen LogP contribution in [0.4, 0.5) is 5.95 Å². The van der Waals surface area contributed by atoms with E-state index in [-0.39, 0.29) is 6.04 Å². The first-order valence-corrected chi connectivity index (χ1v) is 8.20. The molecule has 2 aromatic rings. The number of nitrogens with one attached hydrogen (secondary N) is 1. The monoisotopic (exact) mass is 290 g/mol. The van der Waals surface area contributed by atoms with Crippen molar-refractivity contribution in [3.05, 3.63) is 28.0 Å². The highest BCUT2D eigenvalue weighted by Crippen LogP contribution is 2.33. The Labute approximate surface area is 124 Å². The molecule has 1 aliphatic carbocycles. The minimum Gasteiger partial charge on any atom is -0.348 e. The van der Waals surface area contributed by atoms with Crippen LogP contribution >= 0.6 is 11.3 Å². The zero-order chi connectivity index (χ0) is 14.1. The predicted molar refractivity (Wildman–Crippen MR) is 83.4 cm³/mol. The SMILES string of the molecule is Cc1nc(C)c(C(C)Nc2nccn2C2CCCC2)s1. The summed E-state index contributed by atoms with van der Waals surface area (Å²) in [5, 5.41) is 4.69. The van der Waals surface area contributed by atoms with Crippen molar-refractivity contribution in [1.29, 1.82) is 0 Å². The van der Waals surface area contributed by atoms with E-state index in [0.717, 1.165) is 16.6 Å². The lowest BCUT2D eigenvalue weighted by molar-refractivity contribution is 0.521. The molecular formula is C15H22N4S. The summed E-state index contributed by atoms with van der Waals surface area (Å²) in [5.74, 6) is 0.995. The molecule has 2 heterocycles. The Morgan fingerprint density at radius 2 is 2.10 bits per heavy atom. The topological polar surface area (TPSA) is 42.7 Å². The van der Waals surface area contributed by atoms with Crippen molar-refractivity contribution in [3.8, 4) is 0 Å². The maximum Gasteiger partial charge on any atom is 0.203 e. The summed E-state index contributed by atoms with van der Waals surface area (Å²) in [4.78, 5) is 10.3. The Kier molecular flexibility index (Phi) is 3.78. The zero-order valence-corrected chi connectivity index (χ0v) is 13.2. The molecule has 3 rings (SSSR count). The third kappa shape index (κ3) is 2.59. The first kappa shape index (κ1) is 13.6. The Morgan fingerprint density at radius 3 is 2.75 bits per heavy atom. The van der Waals surface area contributed by atoms with E-state index < -0.39 is 0 Å². The van der Waals surface area contributed by atoms with Gasteiger partial charge in [0.15, 0.2) is 0 Å². The van der Waals surface area contributed by atoms with Gasteiger partial charge in [-0.3, -0.25) is 0 Å². The number of hydrogen-bond donors (Lipinski definition) is 1. The molecule has 0 radical (unpaired) electrons. The average molecular weight is 290 g/mol. The largest absolute Gasteiger partial charge is 0.348 e. The van der Waals surface area contributed by atoms with E-state index in [1.807, 2.05) is 6.20 Å². The van der Waals surface area contributed by atoms with Crippen LogP contribution < -0.4 is 5.32 Å². The van der Waals surface area contributed by atoms with Gasteiger partial charge in [0.25, 0.3) is 0 Å². The summed E-state index contributed by atoms with van der Waals surface area (Å²) in [7, 11) is 0. The second-order valence-electron chi connectivity index (χ2n) is 5.64. The Morgan fingerprint density at radius 1 is 1.35 bits per heavy atom. The van der Waals surface area contributed by atoms with Gasteiger partial charge in [-0.1, -0.05) is 12.8 Å². The fraction of sp³-hybridized carbons (Fsp3) is 0.600. The van der Waals surface area contributed by atoms with Gasteiger partial charge >= 0.3 is 0 Å². The van der Waals surface area contributed by atoms with Gasteiger partial charge in [-0.05, 0) is 33.6 Å². The number of anilines is 1. The molecule has 1 aliphatic rings. The highest BCUT2D eigenvalue weighted by atomic mass is 32.1. The number of aryl methyl sites for hydroxylation is 2. The van der Waals surface area contributed by atoms with Crippen LogP contribution in [-0.2, 0) is 0 Å². The Bertz CT molecular complexity index is 580. The van der Waals surface area contributed by atoms with Gasteiger partial charge in [0, 0.05) is 23.3 Å². The van der Waals surface area contributed by atoms with Crippen molar-refractivity contribution >= 4 is 17.3 Å². The molecule has 4 nitrogen and oxygen atoms in total. The van der Waals surface area contributed by atoms with Gasteiger partial charge in [0.05, 0.1) is 16.7 Å². The Balaban J connectivity index is 1.77. The lowest BCUT2D eigenvalue weighted by Crippen LogP contribution is -2.13. The van der Waals surface area contributed by atoms with E-state index >= 15 is 0 Å². The minimum absolute atomic E-state index is 0.253. The van der Waals surface area contributed by atoms with Crippen LogP contribution in [0, 0.1) is 13.8 Å². The molecule has 1 atom stereocenters. The number of imidazole rings is 1. The molecule has 1 saturated carbocycles. The number of rotatable bonds is 4. The van der Waals surface area contributed by atoms with E-state index in [4.69, 9.17) is 0 Å². The lowest BCUT2D eigenvalue weighted by Gasteiger charge is -2.19. The van der Waals surface area contributed by atoms with Gasteiger partial charge in [0.1, 0.15) is 0 Å². The molecule has 1 N–H and O–H groups in total. The second-order valence-corrected chi connectivity index (χ2v) is 6.88. The number of aromatic nitrogens is 3. The summed E-state index contributed by atoms with van der Waals surface area (Å²) in [6.45, 7) is 6.33. The Hall–Kier alpha value is -1.36. The third-order valence-corrected chi connectivity index (χ3v) is 5.32. The van der Waals surface area contributed by atoms with E-state index in [1.54, 1.807) is 11.3 Å². The number of thiazole rings is 1. The molecule has 108 valence electrons. The van der Waals surface area contributed by atoms with Crippen molar-refractivity contribution in [1.82, 2.24) is 14.5 Å². The zero-order valence-electron chi connectivity index (χ0n) is 12.4. The molecule has 0 saturated heterocycles. The van der Waals surface area contributed by atoms with Crippen molar-refractivity contribution in [2.75, 3.05) is 5.32 Å². The van der Waals surface area contributed by atoms with Crippen LogP contribution in [0.3, 0.4) is 0 Å². The molecule has 2 aromatic heterocycles. The number of hydrogen-bond acceptors (Lipinski definition) is 4. The lowest BCUT2D eigenvalue weighted by atomic mass is 10.2. The highest BCUT2D eigenvalue weighted by molar-refractivity contribution is 7.11. The van der Waals surface area contributed by atoms with Crippen LogP contribution in [0.2, 0.25) is 0 Å². The molecule has 0 spiro atoms. The fourth-order valence-corrected chi connectivity index (χ4v) is 4.04. The van der Waals surface area contributed by atoms with Crippen molar-refractivity contribution in [3.63, 3.8) is 0 Å². The quantitative estimate of drug-likeness (QED) is 0.915. The van der Waals surface area contributed by atoms with Crippen molar-refractivity contribution in [2.45, 2.75) is 58.5 Å². The van der Waals surface area contributed by atoms with Gasteiger partial charge in [-0.25, -0.2) is 9.97 Å². The first-order chi connectivity index (χ1) is 9.65. The van der Waals surface area contributed by atoms with E-state index in [9.17, 15) is 0 Å². The maximum absolute atomic E-state index is 4.51. The summed E-state index contributed by atoms with van der Waals surface area (Å²) in [6.07, 6.45) is 9.24. The summed E-state index contributed by atoms with van der Waals surface area (Å²) >= 11 is 1.77. The van der Waals surface area contributed by atoms with Crippen molar-refractivity contribution < 1.29 is 0 Å². The molecule has 0 bridgehead atoms. The van der Waals surface area contributed by atoms with Crippen LogP contribution in [0.15, 0.2) is 12.4 Å². The molecule has 0 amide bonds. The average Bonchev–Trinajstić information content (AvgIpc) is 3.09. The first-order valence-electron chi connectivity index (χ1n) is 7.38. The van der Waals surface area contributed by atoms with Crippen LogP contribution in [-0.4, -0.2) is 14.5 Å². The van der Waals surface area contributed by atoms with E-state index in [1.165, 1.54) is 30.6 Å². The van der Waals surface area contributed by atoms with Gasteiger partial charge in [0.2, 0.25) is 5.95 Å². The molecule has 0 aromatic carbocycles. The third-order valence-electron chi connectivity index (χ3n) is 4.07. The van der Waals surface area contributed by atoms with Crippen LogP contribution in [0.25, 0.3) is 0 Å². The smallest absolute Gasteiger partial charge is 0.203 e. The number of nitrogens with zero attached hydrogens (tertiary/aromatic N) is 3. The fourth-order valence-electron chi connectivity index (χ4n) is 3.11. The van der Waals surface area contributed by atoms with E-state index in [2.05, 4.69) is 46.8 Å². The second kappa shape index (κ2) is 5.56. The van der Waals surface area contributed by atoms with E-state index in [0.29, 0.717) is 6.04 Å². The highest BCUT2D eigenvalue weighted by Gasteiger charge is 2.21. The maximum atomic E-state index is 4.51. The van der Waals surface area contributed by atoms with Gasteiger partial charge < -0.3 is 9.88 Å². The van der Waals surface area contributed by atoms with Crippen LogP contribution in [0.1, 0.15) is 60.3 Å². The molecule has 1 unspecified atom stereocenters. The summed E-state index contributed by atoms with van der Waals surface area (Å²) in [6, 6.07) is 0.875. The van der Waals surface area contributed by atoms with Crippen LogP contribution in [0.5, 0.6) is 0 Å². The van der Waals surface area contributed by atoms with Gasteiger partial charge in [-0.15, -0.1) is 11.3 Å². The predicted octanol–water partition coefficient (Wildman–Crippen LogP) is 4.24. The summed E-state index contributed by atoms with van der Waals surface area (Å²) < 4.78 is 2.31. The minimum atomic E-state index is 0.253. The van der Waals surface area contributed by atoms with Crippen molar-refractivity contribution in [2.24, 2.45) is 0 Å². The molecule has 1 fully saturated rings. The molecule has 5 heteroatoms. The normalized spacial score (nSPS) is 17.6. The molecule has 20 heavy (non-hydrogen) atoms.